The molecule has 0 aliphatic heterocycles. The third kappa shape index (κ3) is 8.37. The van der Waals surface area contributed by atoms with Crippen molar-refractivity contribution in [3.05, 3.63) is 0 Å². The van der Waals surface area contributed by atoms with E-state index in [0.29, 0.717) is 0 Å². The van der Waals surface area contributed by atoms with Gasteiger partial charge in [-0.1, -0.05) is 0 Å². The Labute approximate surface area is 144 Å². The Morgan fingerprint density at radius 2 is 0.769 bits per heavy atom. The second-order valence-electron chi connectivity index (χ2n) is 4.78. The number of aldehydes is 2. The van der Waals surface area contributed by atoms with Gasteiger partial charge in [-0.25, -0.2) is 9.59 Å². The average Bonchev–Trinajstić information content (AvgIpc) is 2.62. The van der Waals surface area contributed by atoms with E-state index in [2.05, 4.69) is 0 Å². The van der Waals surface area contributed by atoms with E-state index >= 15 is 0 Å². The topological polar surface area (TPSA) is 271 Å². The average molecular weight is 388 g/mol. The molecule has 0 heterocycles. The first-order valence-corrected chi connectivity index (χ1v) is 6.64. The minimum Gasteiger partial charge on any atom is -0.479 e. The van der Waals surface area contributed by atoms with E-state index < -0.39 is 60.8 Å². The number of rotatable bonds is 10. The first-order chi connectivity index (χ1) is 11.8. The molecule has 0 rings (SSSR count). The molecule has 0 aromatic carbocycles. The van der Waals surface area contributed by atoms with E-state index in [1.807, 2.05) is 0 Å². The Morgan fingerprint density at radius 1 is 0.538 bits per heavy atom. The summed E-state index contributed by atoms with van der Waals surface area (Å²) in [5, 5.41) is 86.4. The number of aliphatic carboxylic acids is 2. The van der Waals surface area contributed by atoms with Crippen LogP contribution in [0.5, 0.6) is 0 Å². The lowest BCUT2D eigenvalue weighted by Gasteiger charge is -2.21. The van der Waals surface area contributed by atoms with Crippen molar-refractivity contribution in [2.24, 2.45) is 0 Å². The van der Waals surface area contributed by atoms with E-state index in [1.165, 1.54) is 0 Å². The molecule has 0 aliphatic carbocycles. The highest BCUT2D eigenvalue weighted by Gasteiger charge is 2.34. The van der Waals surface area contributed by atoms with E-state index in [0.717, 1.165) is 0 Å². The second-order valence-corrected chi connectivity index (χ2v) is 4.78. The van der Waals surface area contributed by atoms with Crippen LogP contribution in [0.4, 0.5) is 0 Å². The normalized spacial score (nSPS) is 20.0. The summed E-state index contributed by atoms with van der Waals surface area (Å²) in [7, 11) is 0. The highest BCUT2D eigenvalue weighted by Crippen LogP contribution is 2.04. The summed E-state index contributed by atoms with van der Waals surface area (Å²) in [6.45, 7) is 0. The van der Waals surface area contributed by atoms with Gasteiger partial charge < -0.3 is 60.7 Å². The van der Waals surface area contributed by atoms with E-state index in [4.69, 9.17) is 51.1 Å². The van der Waals surface area contributed by atoms with Gasteiger partial charge in [0.25, 0.3) is 0 Å². The molecule has 0 aromatic rings. The Hall–Kier alpha value is -2.04. The largest absolute Gasteiger partial charge is 0.479 e. The Morgan fingerprint density at radius 3 is 0.923 bits per heavy atom. The van der Waals surface area contributed by atoms with Crippen LogP contribution in [0.25, 0.3) is 0 Å². The van der Waals surface area contributed by atoms with Gasteiger partial charge >= 0.3 is 11.9 Å². The molecule has 0 spiro atoms. The first kappa shape index (κ1) is 26.2. The van der Waals surface area contributed by atoms with Gasteiger partial charge in [-0.15, -0.1) is 0 Å². The summed E-state index contributed by atoms with van der Waals surface area (Å²) in [5.74, 6) is -3.52. The van der Waals surface area contributed by atoms with Crippen LogP contribution in [0.2, 0.25) is 0 Å². The Kier molecular flexibility index (Phi) is 12.4. The molecule has 0 fully saturated rings. The van der Waals surface area contributed by atoms with Gasteiger partial charge in [-0.3, -0.25) is 0 Å². The van der Waals surface area contributed by atoms with Gasteiger partial charge in [0.1, 0.15) is 36.6 Å². The van der Waals surface area contributed by atoms with Crippen LogP contribution >= 0.6 is 0 Å². The predicted octanol–water partition coefficient (Wildman–Crippen LogP) is -6.57. The van der Waals surface area contributed by atoms with Gasteiger partial charge in [-0.05, 0) is 0 Å². The van der Waals surface area contributed by atoms with Crippen molar-refractivity contribution >= 4 is 24.5 Å². The number of hydrogen-bond acceptors (Lipinski definition) is 12. The summed E-state index contributed by atoms with van der Waals surface area (Å²) in [6.07, 6.45) is -16.8. The third-order valence-electron chi connectivity index (χ3n) is 2.83. The first-order valence-electron chi connectivity index (χ1n) is 6.64. The number of carboxylic acids is 2. The Bertz CT molecular complexity index is 425. The van der Waals surface area contributed by atoms with Gasteiger partial charge in [0.05, 0.1) is 0 Å². The zero-order chi connectivity index (χ0) is 21.2. The predicted molar refractivity (Wildman–Crippen MR) is 75.5 cm³/mol. The minimum absolute atomic E-state index is 0.0809. The van der Waals surface area contributed by atoms with Crippen LogP contribution in [0, 0.1) is 0 Å². The monoisotopic (exact) mass is 388 g/mol. The van der Waals surface area contributed by atoms with Crippen molar-refractivity contribution in [1.29, 1.82) is 0 Å². The number of hydrogen-bond donors (Lipinski definition) is 10. The van der Waals surface area contributed by atoms with Crippen molar-refractivity contribution < 1.29 is 70.2 Å². The molecule has 0 saturated heterocycles. The molecule has 0 aliphatic rings. The van der Waals surface area contributed by atoms with Crippen molar-refractivity contribution in [3.8, 4) is 0 Å². The maximum absolute atomic E-state index is 10.1. The summed E-state index contributed by atoms with van der Waals surface area (Å²) >= 11 is 0. The molecule has 10 N–H and O–H groups in total. The third-order valence-corrected chi connectivity index (χ3v) is 2.83. The summed E-state index contributed by atoms with van der Waals surface area (Å²) in [5.41, 5.74) is 0. The zero-order valence-electron chi connectivity index (χ0n) is 12.9. The van der Waals surface area contributed by atoms with E-state index in [9.17, 15) is 19.2 Å². The number of carbonyl (C=O) groups excluding carboxylic acids is 2. The van der Waals surface area contributed by atoms with E-state index in [-0.39, 0.29) is 12.6 Å². The summed E-state index contributed by atoms with van der Waals surface area (Å²) in [4.78, 5) is 39.9. The molecule has 0 radical (unpaired) electrons. The number of aliphatic hydroxyl groups excluding tert-OH is 8. The van der Waals surface area contributed by atoms with Crippen LogP contribution in [-0.2, 0) is 19.2 Å². The van der Waals surface area contributed by atoms with Crippen molar-refractivity contribution in [1.82, 2.24) is 0 Å². The van der Waals surface area contributed by atoms with Crippen LogP contribution < -0.4 is 0 Å². The lowest BCUT2D eigenvalue weighted by atomic mass is 10.0. The quantitative estimate of drug-likeness (QED) is 0.156. The molecule has 14 heteroatoms. The second kappa shape index (κ2) is 12.3. The molecule has 0 bridgehead atoms. The molecular weight excluding hydrogens is 368 g/mol. The van der Waals surface area contributed by atoms with Crippen LogP contribution in [-0.4, -0.2) is 124 Å². The van der Waals surface area contributed by atoms with E-state index in [1.54, 1.807) is 0 Å². The maximum atomic E-state index is 10.1. The van der Waals surface area contributed by atoms with Crippen molar-refractivity contribution in [2.75, 3.05) is 0 Å². The van der Waals surface area contributed by atoms with Gasteiger partial charge in [0, 0.05) is 0 Å². The van der Waals surface area contributed by atoms with Gasteiger partial charge in [0.15, 0.2) is 24.8 Å². The van der Waals surface area contributed by atoms with Gasteiger partial charge in [-0.2, -0.15) is 0 Å². The number of carboxylic acid groups (broad SMARTS) is 2. The van der Waals surface area contributed by atoms with Crippen LogP contribution in [0.3, 0.4) is 0 Å². The zero-order valence-corrected chi connectivity index (χ0v) is 12.9. The standard InChI is InChI=1S/2C6H10O7/c2*7-1-2(8)3(9)4(10)5(11)6(12)13/h2*1-5,8-11H,(H,12,13)/t2*2-,3+,4-,5-/m00/s1. The molecule has 14 nitrogen and oxygen atoms in total. The fourth-order valence-corrected chi connectivity index (χ4v) is 1.23. The molecule has 0 amide bonds. The van der Waals surface area contributed by atoms with Crippen molar-refractivity contribution in [2.45, 2.75) is 48.8 Å². The molecule has 0 unspecified atom stereocenters. The number of carbonyl (C=O) groups is 4. The SMILES string of the molecule is O=C[C@H](O)[C@@H](O)[C@H](O)[C@H](O)C(=O)O.O=C[C@H](O)[C@@H](O)[C@H](O)[C@H](O)C(=O)O. The smallest absolute Gasteiger partial charge is 0.335 e. The van der Waals surface area contributed by atoms with Crippen LogP contribution in [0.15, 0.2) is 0 Å². The summed E-state index contributed by atoms with van der Waals surface area (Å²) in [6, 6.07) is 0. The molecule has 0 aromatic heterocycles. The molecular formula is C12H20O14. The highest BCUT2D eigenvalue weighted by atomic mass is 16.4. The highest BCUT2D eigenvalue weighted by molar-refractivity contribution is 5.73. The lowest BCUT2D eigenvalue weighted by Crippen LogP contribution is -2.48. The number of aliphatic hydroxyl groups is 8. The Balaban J connectivity index is 0. The minimum atomic E-state index is -2.25. The molecule has 26 heavy (non-hydrogen) atoms. The molecule has 0 saturated carbocycles. The van der Waals surface area contributed by atoms with Crippen LogP contribution in [0.1, 0.15) is 0 Å². The fourth-order valence-electron chi connectivity index (χ4n) is 1.23. The molecule has 152 valence electrons. The summed E-state index contributed by atoms with van der Waals surface area (Å²) < 4.78 is 0. The maximum Gasteiger partial charge on any atom is 0.335 e. The van der Waals surface area contributed by atoms with Crippen molar-refractivity contribution in [3.63, 3.8) is 0 Å². The molecule has 8 atom stereocenters. The fraction of sp³-hybridized carbons (Fsp3) is 0.667. The lowest BCUT2D eigenvalue weighted by molar-refractivity contribution is -0.164. The van der Waals surface area contributed by atoms with Gasteiger partial charge in [0.2, 0.25) is 0 Å².